The van der Waals surface area contributed by atoms with E-state index in [1.807, 2.05) is 0 Å². The van der Waals surface area contributed by atoms with E-state index in [1.54, 1.807) is 30.3 Å². The van der Waals surface area contributed by atoms with Gasteiger partial charge in [-0.15, -0.1) is 0 Å². The van der Waals surface area contributed by atoms with E-state index in [9.17, 15) is 20.1 Å². The number of rotatable bonds is 3. The summed E-state index contributed by atoms with van der Waals surface area (Å²) in [7, 11) is 0. The summed E-state index contributed by atoms with van der Waals surface area (Å²) in [5, 5.41) is 43.1. The molecule has 0 aromatic heterocycles. The minimum Gasteiger partial charge on any atom is -0.394 e. The molecule has 1 aromatic carbocycles. The highest BCUT2D eigenvalue weighted by atomic mass is 16.6. The number of nitrogens with one attached hydrogen (secondary N) is 2. The van der Waals surface area contributed by atoms with Gasteiger partial charge in [0.1, 0.15) is 24.4 Å². The molecule has 0 radical (unpaired) electrons. The van der Waals surface area contributed by atoms with E-state index in [4.69, 9.17) is 9.84 Å². The molecule has 116 valence electrons. The standard InChI is InChI=1S/C13H18N2O6/c16-6-8-10(17)11(18)9(12(19)21-8)15-13(20)14-7-4-2-1-3-5-7/h1-5,8-12,16-19H,6H2,(H2,14,15,20)/t8-,9-,10-,11-,12+/m1/s1. The van der Waals surface area contributed by atoms with Crippen LogP contribution in [0, 0.1) is 0 Å². The largest absolute Gasteiger partial charge is 0.394 e. The summed E-state index contributed by atoms with van der Waals surface area (Å²) in [6.07, 6.45) is -5.53. The van der Waals surface area contributed by atoms with Gasteiger partial charge < -0.3 is 35.8 Å². The highest BCUT2D eigenvalue weighted by Crippen LogP contribution is 2.19. The van der Waals surface area contributed by atoms with Crippen molar-refractivity contribution < 1.29 is 30.0 Å². The topological polar surface area (TPSA) is 131 Å². The summed E-state index contributed by atoms with van der Waals surface area (Å²) >= 11 is 0. The molecule has 1 aliphatic heterocycles. The highest BCUT2D eigenvalue weighted by Gasteiger charge is 2.44. The Morgan fingerprint density at radius 1 is 1.14 bits per heavy atom. The normalized spacial score (nSPS) is 32.5. The molecule has 0 spiro atoms. The number of benzene rings is 1. The first kappa shape index (κ1) is 15.7. The fourth-order valence-electron chi connectivity index (χ4n) is 2.09. The number of anilines is 1. The van der Waals surface area contributed by atoms with Crippen LogP contribution in [0.25, 0.3) is 0 Å². The summed E-state index contributed by atoms with van der Waals surface area (Å²) in [5.41, 5.74) is 0.532. The van der Waals surface area contributed by atoms with Gasteiger partial charge in [0.15, 0.2) is 6.29 Å². The fourth-order valence-corrected chi connectivity index (χ4v) is 2.09. The Bertz CT molecular complexity index is 471. The maximum Gasteiger partial charge on any atom is 0.319 e. The Hall–Kier alpha value is -1.71. The quantitative estimate of drug-likeness (QED) is 0.407. The van der Waals surface area contributed by atoms with Crippen molar-refractivity contribution in [2.75, 3.05) is 11.9 Å². The first-order chi connectivity index (χ1) is 10.0. The molecule has 1 fully saturated rings. The highest BCUT2D eigenvalue weighted by molar-refractivity contribution is 5.89. The minimum atomic E-state index is -1.54. The third-order valence-electron chi connectivity index (χ3n) is 3.23. The number of aliphatic hydroxyl groups is 4. The number of para-hydroxylation sites is 1. The summed E-state index contributed by atoms with van der Waals surface area (Å²) < 4.78 is 4.93. The zero-order valence-electron chi connectivity index (χ0n) is 11.1. The Morgan fingerprint density at radius 3 is 2.43 bits per heavy atom. The van der Waals surface area contributed by atoms with Crippen LogP contribution < -0.4 is 10.6 Å². The third-order valence-corrected chi connectivity index (χ3v) is 3.23. The van der Waals surface area contributed by atoms with Crippen molar-refractivity contribution in [1.29, 1.82) is 0 Å². The van der Waals surface area contributed by atoms with Crippen LogP contribution in [0.5, 0.6) is 0 Å². The SMILES string of the molecule is O=C(Nc1ccccc1)N[C@@H]1[C@@H](O)[C@H](O)[C@@H](CO)O[C@@H]1O. The summed E-state index contributed by atoms with van der Waals surface area (Å²) in [6.45, 7) is -0.557. The van der Waals surface area contributed by atoms with Gasteiger partial charge in [-0.3, -0.25) is 0 Å². The summed E-state index contributed by atoms with van der Waals surface area (Å²) in [5.74, 6) is 0. The van der Waals surface area contributed by atoms with Gasteiger partial charge in [-0.25, -0.2) is 4.79 Å². The summed E-state index contributed by atoms with van der Waals surface area (Å²) in [4.78, 5) is 11.8. The van der Waals surface area contributed by atoms with Gasteiger partial charge in [0, 0.05) is 5.69 Å². The van der Waals surface area contributed by atoms with Crippen molar-refractivity contribution in [2.45, 2.75) is 30.6 Å². The van der Waals surface area contributed by atoms with Crippen LogP contribution in [-0.4, -0.2) is 63.7 Å². The fraction of sp³-hybridized carbons (Fsp3) is 0.462. The first-order valence-electron chi connectivity index (χ1n) is 6.46. The van der Waals surface area contributed by atoms with E-state index in [2.05, 4.69) is 10.6 Å². The lowest BCUT2D eigenvalue weighted by Gasteiger charge is -2.40. The molecule has 1 aromatic rings. The van der Waals surface area contributed by atoms with Gasteiger partial charge in [-0.2, -0.15) is 0 Å². The van der Waals surface area contributed by atoms with Crippen molar-refractivity contribution in [3.8, 4) is 0 Å². The third kappa shape index (κ3) is 3.69. The number of hydrogen-bond donors (Lipinski definition) is 6. The van der Waals surface area contributed by atoms with Crippen molar-refractivity contribution in [2.24, 2.45) is 0 Å². The van der Waals surface area contributed by atoms with Crippen molar-refractivity contribution in [3.05, 3.63) is 30.3 Å². The molecule has 8 heteroatoms. The van der Waals surface area contributed by atoms with Gasteiger partial charge in [0.2, 0.25) is 0 Å². The van der Waals surface area contributed by atoms with Gasteiger partial charge in [-0.05, 0) is 12.1 Å². The van der Waals surface area contributed by atoms with Gasteiger partial charge in [-0.1, -0.05) is 18.2 Å². The number of urea groups is 1. The Balaban J connectivity index is 1.96. The molecule has 6 N–H and O–H groups in total. The van der Waals surface area contributed by atoms with Gasteiger partial charge in [0.25, 0.3) is 0 Å². The van der Waals surface area contributed by atoms with Crippen molar-refractivity contribution >= 4 is 11.7 Å². The van der Waals surface area contributed by atoms with Crippen molar-refractivity contribution in [1.82, 2.24) is 5.32 Å². The Kier molecular flexibility index (Phi) is 5.10. The molecule has 5 atom stereocenters. The molecule has 1 aliphatic rings. The Labute approximate surface area is 121 Å². The van der Waals surface area contributed by atoms with Crippen LogP contribution in [0.15, 0.2) is 30.3 Å². The van der Waals surface area contributed by atoms with E-state index in [0.717, 1.165) is 0 Å². The molecule has 0 aliphatic carbocycles. The maximum atomic E-state index is 11.8. The second kappa shape index (κ2) is 6.83. The minimum absolute atomic E-state index is 0.532. The number of aliphatic hydroxyl groups excluding tert-OH is 4. The van der Waals surface area contributed by atoms with Crippen LogP contribution >= 0.6 is 0 Å². The zero-order valence-corrected chi connectivity index (χ0v) is 11.1. The molecule has 1 heterocycles. The van der Waals surface area contributed by atoms with Gasteiger partial charge >= 0.3 is 6.03 Å². The molecule has 0 bridgehead atoms. The molecular formula is C13H18N2O6. The average molecular weight is 298 g/mol. The average Bonchev–Trinajstić information content (AvgIpc) is 2.48. The molecule has 0 unspecified atom stereocenters. The van der Waals surface area contributed by atoms with E-state index in [0.29, 0.717) is 5.69 Å². The van der Waals surface area contributed by atoms with Crippen LogP contribution in [0.1, 0.15) is 0 Å². The summed E-state index contributed by atoms with van der Waals surface area (Å²) in [6, 6.07) is 6.71. The second-order valence-electron chi connectivity index (χ2n) is 4.72. The van der Waals surface area contributed by atoms with Gasteiger partial charge in [0.05, 0.1) is 6.61 Å². The predicted octanol–water partition coefficient (Wildman–Crippen LogP) is -1.39. The molecule has 2 rings (SSSR count). The van der Waals surface area contributed by atoms with E-state index >= 15 is 0 Å². The first-order valence-corrected chi connectivity index (χ1v) is 6.46. The molecule has 21 heavy (non-hydrogen) atoms. The van der Waals surface area contributed by atoms with Crippen LogP contribution in [0.4, 0.5) is 10.5 Å². The Morgan fingerprint density at radius 2 is 1.81 bits per heavy atom. The monoisotopic (exact) mass is 298 g/mol. The number of carbonyl (C=O) groups is 1. The van der Waals surface area contributed by atoms with E-state index < -0.39 is 43.3 Å². The van der Waals surface area contributed by atoms with Crippen molar-refractivity contribution in [3.63, 3.8) is 0 Å². The lowest BCUT2D eigenvalue weighted by Crippen LogP contribution is -2.64. The second-order valence-corrected chi connectivity index (χ2v) is 4.72. The number of hydrogen-bond acceptors (Lipinski definition) is 6. The maximum absolute atomic E-state index is 11.8. The predicted molar refractivity (Wildman–Crippen MR) is 72.4 cm³/mol. The van der Waals surface area contributed by atoms with Crippen LogP contribution in [0.3, 0.4) is 0 Å². The lowest BCUT2D eigenvalue weighted by atomic mass is 9.97. The van der Waals surface area contributed by atoms with E-state index in [1.165, 1.54) is 0 Å². The number of carbonyl (C=O) groups excluding carboxylic acids is 1. The van der Waals surface area contributed by atoms with Crippen LogP contribution in [0.2, 0.25) is 0 Å². The molecule has 8 nitrogen and oxygen atoms in total. The smallest absolute Gasteiger partial charge is 0.319 e. The van der Waals surface area contributed by atoms with Crippen LogP contribution in [-0.2, 0) is 4.74 Å². The molecule has 0 saturated carbocycles. The lowest BCUT2D eigenvalue weighted by molar-refractivity contribution is -0.252. The number of amides is 2. The molecular weight excluding hydrogens is 280 g/mol. The molecule has 2 amide bonds. The number of ether oxygens (including phenoxy) is 1. The van der Waals surface area contributed by atoms with E-state index in [-0.39, 0.29) is 0 Å². The zero-order chi connectivity index (χ0) is 15.4. The molecule has 1 saturated heterocycles.